The minimum atomic E-state index is -0.0483. The lowest BCUT2D eigenvalue weighted by Gasteiger charge is -2.08. The van der Waals surface area contributed by atoms with E-state index in [4.69, 9.17) is 4.74 Å². The number of nitrogens with zero attached hydrogens (tertiary/aromatic N) is 4. The summed E-state index contributed by atoms with van der Waals surface area (Å²) in [4.78, 5) is 12.1. The second-order valence-corrected chi connectivity index (χ2v) is 6.84. The highest BCUT2D eigenvalue weighted by atomic mass is 32.2. The molecule has 0 bridgehead atoms. The first-order chi connectivity index (χ1) is 13.2. The first-order valence-corrected chi connectivity index (χ1v) is 9.53. The van der Waals surface area contributed by atoms with Crippen LogP contribution in [-0.2, 0) is 11.2 Å². The molecule has 1 amide bonds. The van der Waals surface area contributed by atoms with Crippen LogP contribution in [0.3, 0.4) is 0 Å². The lowest BCUT2D eigenvalue weighted by atomic mass is 10.1. The molecule has 0 fully saturated rings. The molecule has 0 atom stereocenters. The molecule has 8 heteroatoms. The van der Waals surface area contributed by atoms with Crippen molar-refractivity contribution in [1.82, 2.24) is 25.5 Å². The number of para-hydroxylation sites is 1. The zero-order valence-electron chi connectivity index (χ0n) is 15.3. The van der Waals surface area contributed by atoms with Crippen LogP contribution in [0, 0.1) is 6.92 Å². The summed E-state index contributed by atoms with van der Waals surface area (Å²) in [6, 6.07) is 15.7. The van der Waals surface area contributed by atoms with E-state index < -0.39 is 0 Å². The zero-order valence-corrected chi connectivity index (χ0v) is 16.1. The number of ether oxygens (including phenoxy) is 1. The van der Waals surface area contributed by atoms with Gasteiger partial charge < -0.3 is 10.1 Å². The highest BCUT2D eigenvalue weighted by molar-refractivity contribution is 7.99. The van der Waals surface area contributed by atoms with Crippen LogP contribution in [0.5, 0.6) is 5.75 Å². The van der Waals surface area contributed by atoms with Crippen molar-refractivity contribution in [3.63, 3.8) is 0 Å². The maximum absolute atomic E-state index is 12.1. The molecule has 0 radical (unpaired) electrons. The molecule has 3 rings (SSSR count). The Morgan fingerprint density at radius 1 is 1.19 bits per heavy atom. The number of aryl methyl sites for hydroxylation is 1. The predicted octanol–water partition coefficient (Wildman–Crippen LogP) is 2.43. The van der Waals surface area contributed by atoms with Crippen LogP contribution in [0.4, 0.5) is 0 Å². The van der Waals surface area contributed by atoms with Gasteiger partial charge in [0.1, 0.15) is 5.75 Å². The van der Waals surface area contributed by atoms with E-state index >= 15 is 0 Å². The quantitative estimate of drug-likeness (QED) is 0.602. The molecule has 0 saturated carbocycles. The smallest absolute Gasteiger partial charge is 0.230 e. The standard InChI is InChI=1S/C19H21N5O2S/c1-14-5-3-4-6-17(14)24-19(21-22-23-24)27-13-18(25)20-12-11-15-7-9-16(26-2)10-8-15/h3-10H,11-13H2,1-2H3,(H,20,25). The number of tetrazole rings is 1. The first-order valence-electron chi connectivity index (χ1n) is 8.54. The van der Waals surface area contributed by atoms with Crippen LogP contribution in [0.15, 0.2) is 53.7 Å². The zero-order chi connectivity index (χ0) is 19.1. The molecule has 140 valence electrons. The second kappa shape index (κ2) is 9.18. The molecule has 2 aromatic carbocycles. The van der Waals surface area contributed by atoms with Crippen molar-refractivity contribution >= 4 is 17.7 Å². The molecule has 0 aliphatic carbocycles. The van der Waals surface area contributed by atoms with Gasteiger partial charge in [-0.05, 0) is 53.1 Å². The van der Waals surface area contributed by atoms with Gasteiger partial charge in [-0.25, -0.2) is 0 Å². The average molecular weight is 383 g/mol. The number of aromatic nitrogens is 4. The summed E-state index contributed by atoms with van der Waals surface area (Å²) in [5.41, 5.74) is 3.12. The second-order valence-electron chi connectivity index (χ2n) is 5.90. The average Bonchev–Trinajstić information content (AvgIpc) is 3.15. The van der Waals surface area contributed by atoms with E-state index in [2.05, 4.69) is 20.8 Å². The summed E-state index contributed by atoms with van der Waals surface area (Å²) in [6.07, 6.45) is 0.765. The Labute approximate surface area is 162 Å². The molecule has 0 saturated heterocycles. The summed E-state index contributed by atoms with van der Waals surface area (Å²) in [5, 5.41) is 15.3. The molecule has 3 aromatic rings. The predicted molar refractivity (Wildman–Crippen MR) is 104 cm³/mol. The molecule has 7 nitrogen and oxygen atoms in total. The van der Waals surface area contributed by atoms with Gasteiger partial charge in [0.25, 0.3) is 0 Å². The van der Waals surface area contributed by atoms with Crippen LogP contribution < -0.4 is 10.1 Å². The van der Waals surface area contributed by atoms with Gasteiger partial charge >= 0.3 is 0 Å². The molecule has 1 aromatic heterocycles. The topological polar surface area (TPSA) is 81.9 Å². The molecule has 1 N–H and O–H groups in total. The molecule has 0 unspecified atom stereocenters. The van der Waals surface area contributed by atoms with Gasteiger partial charge in [-0.15, -0.1) is 5.10 Å². The van der Waals surface area contributed by atoms with Crippen molar-refractivity contribution in [2.24, 2.45) is 0 Å². The van der Waals surface area contributed by atoms with Gasteiger partial charge in [0.15, 0.2) is 0 Å². The number of rotatable bonds is 8. The van der Waals surface area contributed by atoms with Crippen molar-refractivity contribution in [2.75, 3.05) is 19.4 Å². The Morgan fingerprint density at radius 2 is 1.96 bits per heavy atom. The Hall–Kier alpha value is -2.87. The summed E-state index contributed by atoms with van der Waals surface area (Å²) in [7, 11) is 1.64. The number of benzene rings is 2. The minimum Gasteiger partial charge on any atom is -0.497 e. The third kappa shape index (κ3) is 5.07. The monoisotopic (exact) mass is 383 g/mol. The van der Waals surface area contributed by atoms with E-state index in [1.54, 1.807) is 11.8 Å². The number of carbonyl (C=O) groups excluding carboxylic acids is 1. The van der Waals surface area contributed by atoms with E-state index in [0.29, 0.717) is 11.7 Å². The van der Waals surface area contributed by atoms with Crippen molar-refractivity contribution in [3.8, 4) is 11.4 Å². The lowest BCUT2D eigenvalue weighted by molar-refractivity contribution is -0.118. The van der Waals surface area contributed by atoms with Gasteiger partial charge in [-0.2, -0.15) is 4.68 Å². The normalized spacial score (nSPS) is 10.6. The maximum atomic E-state index is 12.1. The fraction of sp³-hybridized carbons (Fsp3) is 0.263. The fourth-order valence-corrected chi connectivity index (χ4v) is 3.25. The highest BCUT2D eigenvalue weighted by Crippen LogP contribution is 2.20. The molecule has 0 spiro atoms. The Kier molecular flexibility index (Phi) is 6.43. The van der Waals surface area contributed by atoms with Crippen LogP contribution >= 0.6 is 11.8 Å². The summed E-state index contributed by atoms with van der Waals surface area (Å²) in [5.74, 6) is 1.04. The number of methoxy groups -OCH3 is 1. The third-order valence-electron chi connectivity index (χ3n) is 4.01. The highest BCUT2D eigenvalue weighted by Gasteiger charge is 2.12. The van der Waals surface area contributed by atoms with Crippen LogP contribution in [0.1, 0.15) is 11.1 Å². The molecule has 1 heterocycles. The van der Waals surface area contributed by atoms with Gasteiger partial charge in [0.05, 0.1) is 18.6 Å². The van der Waals surface area contributed by atoms with Gasteiger partial charge in [0.2, 0.25) is 11.1 Å². The number of hydrogen-bond acceptors (Lipinski definition) is 6. The van der Waals surface area contributed by atoms with E-state index in [9.17, 15) is 4.79 Å². The van der Waals surface area contributed by atoms with Crippen LogP contribution in [0.25, 0.3) is 5.69 Å². The van der Waals surface area contributed by atoms with E-state index in [-0.39, 0.29) is 11.7 Å². The Bertz CT molecular complexity index is 895. The maximum Gasteiger partial charge on any atom is 0.230 e. The van der Waals surface area contributed by atoms with Gasteiger partial charge in [-0.1, -0.05) is 42.1 Å². The van der Waals surface area contributed by atoms with Crippen LogP contribution in [-0.4, -0.2) is 45.5 Å². The van der Waals surface area contributed by atoms with E-state index in [0.717, 1.165) is 29.0 Å². The summed E-state index contributed by atoms with van der Waals surface area (Å²) < 4.78 is 6.79. The van der Waals surface area contributed by atoms with Crippen molar-refractivity contribution in [3.05, 3.63) is 59.7 Å². The number of hydrogen-bond donors (Lipinski definition) is 1. The molecule has 0 aliphatic heterocycles. The van der Waals surface area contributed by atoms with Crippen molar-refractivity contribution in [1.29, 1.82) is 0 Å². The van der Waals surface area contributed by atoms with Crippen LogP contribution in [0.2, 0.25) is 0 Å². The number of amides is 1. The van der Waals surface area contributed by atoms with Gasteiger partial charge in [0, 0.05) is 6.54 Å². The number of nitrogens with one attached hydrogen (secondary N) is 1. The summed E-state index contributed by atoms with van der Waals surface area (Å²) >= 11 is 1.31. The molecule has 0 aliphatic rings. The SMILES string of the molecule is COc1ccc(CCNC(=O)CSc2nnnn2-c2ccccc2C)cc1. The van der Waals surface area contributed by atoms with Crippen molar-refractivity contribution < 1.29 is 9.53 Å². The van der Waals surface area contributed by atoms with E-state index in [1.807, 2.05) is 55.5 Å². The molecular weight excluding hydrogens is 362 g/mol. The van der Waals surface area contributed by atoms with E-state index in [1.165, 1.54) is 11.8 Å². The first kappa shape index (κ1) is 18.9. The van der Waals surface area contributed by atoms with Gasteiger partial charge in [-0.3, -0.25) is 4.79 Å². The largest absolute Gasteiger partial charge is 0.497 e. The minimum absolute atomic E-state index is 0.0483. The number of thioether (sulfide) groups is 1. The summed E-state index contributed by atoms with van der Waals surface area (Å²) in [6.45, 7) is 2.58. The third-order valence-corrected chi connectivity index (χ3v) is 4.93. The lowest BCUT2D eigenvalue weighted by Crippen LogP contribution is -2.27. The Balaban J connectivity index is 1.48. The Morgan fingerprint density at radius 3 is 2.70 bits per heavy atom. The van der Waals surface area contributed by atoms with Crippen molar-refractivity contribution in [2.45, 2.75) is 18.5 Å². The fourth-order valence-electron chi connectivity index (χ4n) is 2.54. The molecular formula is C19H21N5O2S. The molecule has 27 heavy (non-hydrogen) atoms. The number of carbonyl (C=O) groups is 1.